The van der Waals surface area contributed by atoms with Crippen LogP contribution in [0, 0.1) is 22.2 Å². The number of nitrogens with zero attached hydrogens (tertiary/aromatic N) is 1. The third kappa shape index (κ3) is 1.96. The fraction of sp³-hybridized carbons (Fsp3) is 0. The summed E-state index contributed by atoms with van der Waals surface area (Å²) in [6, 6.07) is 2.68. The number of aromatic nitrogens is 2. The molecule has 82 valence electrons. The SMILES string of the molecule is Fc1cc(F)c(-c2ccnc(=S)[nH]2)cc1F. The van der Waals surface area contributed by atoms with Crippen molar-refractivity contribution in [1.82, 2.24) is 9.97 Å². The van der Waals surface area contributed by atoms with Crippen molar-refractivity contribution < 1.29 is 13.2 Å². The van der Waals surface area contributed by atoms with Gasteiger partial charge in [-0.3, -0.25) is 0 Å². The maximum Gasteiger partial charge on any atom is 0.197 e. The van der Waals surface area contributed by atoms with Gasteiger partial charge in [-0.25, -0.2) is 18.2 Å². The van der Waals surface area contributed by atoms with Crippen LogP contribution in [0.1, 0.15) is 0 Å². The molecule has 0 aliphatic rings. The molecule has 1 N–H and O–H groups in total. The molecule has 2 rings (SSSR count). The Labute approximate surface area is 93.8 Å². The molecule has 0 atom stereocenters. The number of hydrogen-bond acceptors (Lipinski definition) is 2. The van der Waals surface area contributed by atoms with E-state index in [1.807, 2.05) is 0 Å². The van der Waals surface area contributed by atoms with Crippen LogP contribution in [-0.2, 0) is 0 Å². The van der Waals surface area contributed by atoms with Crippen LogP contribution in [0.4, 0.5) is 13.2 Å². The minimum atomic E-state index is -1.23. The second-order valence-electron chi connectivity index (χ2n) is 3.03. The molecule has 0 amide bonds. The molecule has 16 heavy (non-hydrogen) atoms. The molecule has 1 aromatic heterocycles. The molecule has 1 heterocycles. The quantitative estimate of drug-likeness (QED) is 0.614. The molecule has 0 saturated carbocycles. The summed E-state index contributed by atoms with van der Waals surface area (Å²) in [5, 5.41) is 0. The van der Waals surface area contributed by atoms with Gasteiger partial charge in [-0.2, -0.15) is 0 Å². The summed E-state index contributed by atoms with van der Waals surface area (Å²) in [4.78, 5) is 6.29. The fourth-order valence-electron chi connectivity index (χ4n) is 1.25. The van der Waals surface area contributed by atoms with E-state index in [0.717, 1.165) is 6.07 Å². The van der Waals surface area contributed by atoms with Gasteiger partial charge in [-0.1, -0.05) is 0 Å². The van der Waals surface area contributed by atoms with E-state index in [1.54, 1.807) is 0 Å². The molecule has 2 aromatic rings. The summed E-state index contributed by atoms with van der Waals surface area (Å²) in [5.41, 5.74) is 0.156. The standard InChI is InChI=1S/C10H5F3N2S/c11-6-4-8(13)7(12)3-5(6)9-1-2-14-10(16)15-9/h1-4H,(H,14,15,16). The van der Waals surface area contributed by atoms with Crippen LogP contribution < -0.4 is 0 Å². The van der Waals surface area contributed by atoms with Gasteiger partial charge in [0.1, 0.15) is 5.82 Å². The Balaban J connectivity index is 2.65. The minimum Gasteiger partial charge on any atom is -0.330 e. The van der Waals surface area contributed by atoms with E-state index in [1.165, 1.54) is 12.3 Å². The van der Waals surface area contributed by atoms with Crippen LogP contribution in [0.25, 0.3) is 11.3 Å². The first kappa shape index (κ1) is 10.8. The lowest BCUT2D eigenvalue weighted by atomic mass is 10.1. The van der Waals surface area contributed by atoms with Crippen LogP contribution in [-0.4, -0.2) is 9.97 Å². The number of rotatable bonds is 1. The Hall–Kier alpha value is -1.69. The smallest absolute Gasteiger partial charge is 0.197 e. The zero-order valence-corrected chi connectivity index (χ0v) is 8.62. The molecule has 0 aliphatic heterocycles. The van der Waals surface area contributed by atoms with Crippen molar-refractivity contribution in [2.24, 2.45) is 0 Å². The summed E-state index contributed by atoms with van der Waals surface area (Å²) < 4.78 is 39.2. The van der Waals surface area contributed by atoms with Crippen molar-refractivity contribution in [2.45, 2.75) is 0 Å². The first-order valence-corrected chi connectivity index (χ1v) is 4.69. The molecule has 2 nitrogen and oxygen atoms in total. The Kier molecular flexibility index (Phi) is 2.74. The summed E-state index contributed by atoms with van der Waals surface area (Å²) in [6.07, 6.45) is 1.36. The van der Waals surface area contributed by atoms with E-state index in [2.05, 4.69) is 9.97 Å². The van der Waals surface area contributed by atoms with Gasteiger partial charge in [0.15, 0.2) is 16.4 Å². The van der Waals surface area contributed by atoms with Gasteiger partial charge < -0.3 is 4.98 Å². The lowest BCUT2D eigenvalue weighted by Crippen LogP contribution is -1.94. The second kappa shape index (κ2) is 4.05. The van der Waals surface area contributed by atoms with E-state index < -0.39 is 17.5 Å². The first-order chi connectivity index (χ1) is 7.58. The molecule has 0 radical (unpaired) electrons. The minimum absolute atomic E-state index is 0.0904. The van der Waals surface area contributed by atoms with Crippen LogP contribution in [0.3, 0.4) is 0 Å². The summed E-state index contributed by atoms with van der Waals surface area (Å²) >= 11 is 4.74. The number of benzene rings is 1. The van der Waals surface area contributed by atoms with Crippen molar-refractivity contribution in [3.63, 3.8) is 0 Å². The summed E-state index contributed by atoms with van der Waals surface area (Å²) in [5.74, 6) is -3.21. The average molecular weight is 242 g/mol. The number of H-pyrrole nitrogens is 1. The molecule has 0 fully saturated rings. The van der Waals surface area contributed by atoms with Crippen LogP contribution >= 0.6 is 12.2 Å². The highest BCUT2D eigenvalue weighted by atomic mass is 32.1. The second-order valence-corrected chi connectivity index (χ2v) is 3.42. The van der Waals surface area contributed by atoms with E-state index in [4.69, 9.17) is 12.2 Å². The predicted molar refractivity (Wildman–Crippen MR) is 54.7 cm³/mol. The summed E-state index contributed by atoms with van der Waals surface area (Å²) in [6.45, 7) is 0. The molecule has 0 saturated heterocycles. The maximum absolute atomic E-state index is 13.4. The monoisotopic (exact) mass is 242 g/mol. The Morgan fingerprint density at radius 3 is 2.44 bits per heavy atom. The van der Waals surface area contributed by atoms with Gasteiger partial charge in [0.05, 0.1) is 5.69 Å². The Morgan fingerprint density at radius 1 is 1.06 bits per heavy atom. The van der Waals surface area contributed by atoms with E-state index in [-0.39, 0.29) is 16.0 Å². The molecule has 0 aliphatic carbocycles. The van der Waals surface area contributed by atoms with Crippen molar-refractivity contribution in [2.75, 3.05) is 0 Å². The number of aromatic amines is 1. The molecular weight excluding hydrogens is 237 g/mol. The van der Waals surface area contributed by atoms with Crippen molar-refractivity contribution in [1.29, 1.82) is 0 Å². The van der Waals surface area contributed by atoms with Gasteiger partial charge in [0.25, 0.3) is 0 Å². The predicted octanol–water partition coefficient (Wildman–Crippen LogP) is 3.22. The third-order valence-electron chi connectivity index (χ3n) is 1.97. The molecule has 1 aromatic carbocycles. The van der Waals surface area contributed by atoms with E-state index >= 15 is 0 Å². The normalized spacial score (nSPS) is 10.4. The average Bonchev–Trinajstić information content (AvgIpc) is 2.23. The maximum atomic E-state index is 13.4. The van der Waals surface area contributed by atoms with Gasteiger partial charge >= 0.3 is 0 Å². The van der Waals surface area contributed by atoms with Gasteiger partial charge in [-0.15, -0.1) is 0 Å². The van der Waals surface area contributed by atoms with Crippen LogP contribution in [0.2, 0.25) is 0 Å². The van der Waals surface area contributed by atoms with E-state index in [9.17, 15) is 13.2 Å². The highest BCUT2D eigenvalue weighted by Gasteiger charge is 2.11. The van der Waals surface area contributed by atoms with Crippen molar-refractivity contribution in [3.05, 3.63) is 46.6 Å². The van der Waals surface area contributed by atoms with Gasteiger partial charge in [0, 0.05) is 17.8 Å². The molecule has 0 spiro atoms. The first-order valence-electron chi connectivity index (χ1n) is 4.28. The Morgan fingerprint density at radius 2 is 1.75 bits per heavy atom. The molecular formula is C10H5F3N2S. The summed E-state index contributed by atoms with van der Waals surface area (Å²) in [7, 11) is 0. The number of nitrogens with one attached hydrogen (secondary N) is 1. The number of halogens is 3. The highest BCUT2D eigenvalue weighted by molar-refractivity contribution is 7.71. The molecule has 6 heteroatoms. The fourth-order valence-corrected chi connectivity index (χ4v) is 1.43. The Bertz CT molecular complexity index is 595. The van der Waals surface area contributed by atoms with Gasteiger partial charge in [-0.05, 0) is 24.4 Å². The molecule has 0 bridgehead atoms. The topological polar surface area (TPSA) is 28.7 Å². The largest absolute Gasteiger partial charge is 0.330 e. The lowest BCUT2D eigenvalue weighted by molar-refractivity contribution is 0.496. The zero-order chi connectivity index (χ0) is 11.7. The van der Waals surface area contributed by atoms with E-state index in [0.29, 0.717) is 6.07 Å². The third-order valence-corrected chi connectivity index (χ3v) is 2.18. The van der Waals surface area contributed by atoms with Crippen LogP contribution in [0.5, 0.6) is 0 Å². The van der Waals surface area contributed by atoms with Crippen molar-refractivity contribution >= 4 is 12.2 Å². The van der Waals surface area contributed by atoms with Gasteiger partial charge in [0.2, 0.25) is 0 Å². The van der Waals surface area contributed by atoms with Crippen molar-refractivity contribution in [3.8, 4) is 11.3 Å². The zero-order valence-electron chi connectivity index (χ0n) is 7.80. The highest BCUT2D eigenvalue weighted by Crippen LogP contribution is 2.22. The number of hydrogen-bond donors (Lipinski definition) is 1. The lowest BCUT2D eigenvalue weighted by Gasteiger charge is -2.03. The van der Waals surface area contributed by atoms with Crippen LogP contribution in [0.15, 0.2) is 24.4 Å². The molecule has 0 unspecified atom stereocenters.